The third kappa shape index (κ3) is 4.15. The molecule has 4 rings (SSSR count). The molecule has 1 atom stereocenters. The molecule has 3 aromatic rings. The number of carbonyl (C=O) groups is 2. The summed E-state index contributed by atoms with van der Waals surface area (Å²) in [5.74, 6) is -0.516. The maximum atomic E-state index is 12.7. The Bertz CT molecular complexity index is 1120. The summed E-state index contributed by atoms with van der Waals surface area (Å²) in [6.07, 6.45) is 1.77. The summed E-state index contributed by atoms with van der Waals surface area (Å²) < 4.78 is 5.31. The molecule has 4 N–H and O–H groups in total. The summed E-state index contributed by atoms with van der Waals surface area (Å²) in [6.45, 7) is 0.711. The fourth-order valence-corrected chi connectivity index (χ4v) is 3.82. The number of aromatic hydroxyl groups is 1. The molecule has 0 unspecified atom stereocenters. The van der Waals surface area contributed by atoms with E-state index in [-0.39, 0.29) is 34.9 Å². The monoisotopic (exact) mass is 420 g/mol. The Kier molecular flexibility index (Phi) is 5.73. The fourth-order valence-electron chi connectivity index (χ4n) is 3.82. The van der Waals surface area contributed by atoms with Crippen LogP contribution >= 0.6 is 0 Å². The molecule has 0 fully saturated rings. The molecule has 0 bridgehead atoms. The minimum Gasteiger partial charge on any atom is -0.507 e. The van der Waals surface area contributed by atoms with Crippen molar-refractivity contribution in [1.82, 2.24) is 15.4 Å². The Morgan fingerprint density at radius 2 is 2.06 bits per heavy atom. The third-order valence-electron chi connectivity index (χ3n) is 5.50. The average Bonchev–Trinajstić information content (AvgIpc) is 3.41. The van der Waals surface area contributed by atoms with Gasteiger partial charge in [0, 0.05) is 31.8 Å². The quantitative estimate of drug-likeness (QED) is 0.563. The molecule has 0 saturated heterocycles. The summed E-state index contributed by atoms with van der Waals surface area (Å²) in [5, 5.41) is 17.2. The molecular formula is C23H24N4O4. The highest BCUT2D eigenvalue weighted by Crippen LogP contribution is 2.31. The topological polar surface area (TPSA) is 122 Å². The number of nitrogens with zero attached hydrogens (tertiary/aromatic N) is 2. The number of phenols is 1. The van der Waals surface area contributed by atoms with Crippen LogP contribution in [-0.4, -0.2) is 47.1 Å². The van der Waals surface area contributed by atoms with Gasteiger partial charge in [-0.15, -0.1) is 0 Å². The van der Waals surface area contributed by atoms with Gasteiger partial charge in [0.15, 0.2) is 11.5 Å². The zero-order valence-electron chi connectivity index (χ0n) is 17.2. The zero-order valence-corrected chi connectivity index (χ0v) is 17.2. The number of amides is 2. The Hall–Kier alpha value is -3.65. The SMILES string of the molecule is CN(CCN)C(=O)c1ccc(-c2cc(C(=O)N[C@@H]3CCc4ccccc43)no2)cc1O. The molecule has 1 aliphatic rings. The predicted octanol–water partition coefficient (Wildman–Crippen LogP) is 2.50. The Morgan fingerprint density at radius 1 is 1.26 bits per heavy atom. The summed E-state index contributed by atoms with van der Waals surface area (Å²) in [4.78, 5) is 26.5. The van der Waals surface area contributed by atoms with E-state index >= 15 is 0 Å². The maximum Gasteiger partial charge on any atom is 0.273 e. The van der Waals surface area contributed by atoms with E-state index in [4.69, 9.17) is 10.3 Å². The van der Waals surface area contributed by atoms with Crippen LogP contribution in [0.15, 0.2) is 53.1 Å². The van der Waals surface area contributed by atoms with E-state index < -0.39 is 0 Å². The Balaban J connectivity index is 1.48. The van der Waals surface area contributed by atoms with E-state index in [0.717, 1.165) is 18.4 Å². The fraction of sp³-hybridized carbons (Fsp3) is 0.261. The number of hydrogen-bond acceptors (Lipinski definition) is 6. The summed E-state index contributed by atoms with van der Waals surface area (Å²) in [5.41, 5.74) is 8.68. The molecule has 2 aromatic carbocycles. The lowest BCUT2D eigenvalue weighted by molar-refractivity contribution is 0.0795. The summed E-state index contributed by atoms with van der Waals surface area (Å²) in [7, 11) is 1.62. The molecule has 31 heavy (non-hydrogen) atoms. The van der Waals surface area contributed by atoms with E-state index in [9.17, 15) is 14.7 Å². The largest absolute Gasteiger partial charge is 0.507 e. The van der Waals surface area contributed by atoms with Gasteiger partial charge in [0.05, 0.1) is 11.6 Å². The van der Waals surface area contributed by atoms with Crippen molar-refractivity contribution in [1.29, 1.82) is 0 Å². The maximum absolute atomic E-state index is 12.7. The van der Waals surface area contributed by atoms with Crippen molar-refractivity contribution in [3.63, 3.8) is 0 Å². The smallest absolute Gasteiger partial charge is 0.273 e. The molecule has 8 heteroatoms. The van der Waals surface area contributed by atoms with Gasteiger partial charge < -0.3 is 25.6 Å². The molecule has 160 valence electrons. The number of fused-ring (bicyclic) bond motifs is 1. The van der Waals surface area contributed by atoms with Crippen molar-refractivity contribution < 1.29 is 19.2 Å². The molecule has 2 amide bonds. The van der Waals surface area contributed by atoms with Crippen molar-refractivity contribution in [3.05, 3.63) is 70.9 Å². The normalized spacial score (nSPS) is 14.8. The highest BCUT2D eigenvalue weighted by Gasteiger charge is 2.25. The highest BCUT2D eigenvalue weighted by atomic mass is 16.5. The Labute approximate surface area is 179 Å². The molecule has 1 aromatic heterocycles. The van der Waals surface area contributed by atoms with Crippen molar-refractivity contribution in [2.45, 2.75) is 18.9 Å². The second-order valence-corrected chi connectivity index (χ2v) is 7.59. The molecule has 1 heterocycles. The van der Waals surface area contributed by atoms with E-state index in [1.54, 1.807) is 13.1 Å². The van der Waals surface area contributed by atoms with Gasteiger partial charge in [-0.05, 0) is 36.1 Å². The lowest BCUT2D eigenvalue weighted by Crippen LogP contribution is -2.31. The second kappa shape index (κ2) is 8.61. The number of nitrogens with one attached hydrogen (secondary N) is 1. The summed E-state index contributed by atoms with van der Waals surface area (Å²) in [6, 6.07) is 14.1. The molecule has 1 aliphatic carbocycles. The standard InChI is InChI=1S/C23H24N4O4/c1-27(11-10-24)23(30)17-8-6-15(12-20(17)28)21-13-19(26-31-21)22(29)25-18-9-7-14-4-2-3-5-16(14)18/h2-6,8,12-13,18,28H,7,9-11,24H2,1H3,(H,25,29)/t18-/m1/s1. The van der Waals surface area contributed by atoms with Crippen LogP contribution in [0.25, 0.3) is 11.3 Å². The van der Waals surface area contributed by atoms with Crippen LogP contribution in [-0.2, 0) is 6.42 Å². The number of nitrogens with two attached hydrogens (primary N) is 1. The van der Waals surface area contributed by atoms with Gasteiger partial charge in [0.1, 0.15) is 5.75 Å². The molecule has 0 radical (unpaired) electrons. The number of phenolic OH excluding ortho intramolecular Hbond substituents is 1. The van der Waals surface area contributed by atoms with Crippen LogP contribution in [0.3, 0.4) is 0 Å². The van der Waals surface area contributed by atoms with Crippen LogP contribution in [0.5, 0.6) is 5.75 Å². The van der Waals surface area contributed by atoms with Crippen molar-refractivity contribution >= 4 is 11.8 Å². The molecular weight excluding hydrogens is 396 g/mol. The second-order valence-electron chi connectivity index (χ2n) is 7.59. The van der Waals surface area contributed by atoms with Crippen molar-refractivity contribution in [2.75, 3.05) is 20.1 Å². The lowest BCUT2D eigenvalue weighted by Gasteiger charge is -2.16. The predicted molar refractivity (Wildman–Crippen MR) is 115 cm³/mol. The van der Waals surface area contributed by atoms with Crippen LogP contribution in [0, 0.1) is 0 Å². The molecule has 0 spiro atoms. The van der Waals surface area contributed by atoms with Crippen LogP contribution in [0.4, 0.5) is 0 Å². The molecule has 0 saturated carbocycles. The van der Waals surface area contributed by atoms with E-state index in [0.29, 0.717) is 24.4 Å². The highest BCUT2D eigenvalue weighted by molar-refractivity contribution is 5.97. The Morgan fingerprint density at radius 3 is 2.84 bits per heavy atom. The van der Waals surface area contributed by atoms with Crippen molar-refractivity contribution in [2.24, 2.45) is 5.73 Å². The first-order valence-electron chi connectivity index (χ1n) is 10.1. The van der Waals surface area contributed by atoms with E-state index in [1.165, 1.54) is 28.7 Å². The molecule has 8 nitrogen and oxygen atoms in total. The van der Waals surface area contributed by atoms with Gasteiger partial charge in [-0.2, -0.15) is 0 Å². The first kappa shape index (κ1) is 20.6. The number of benzene rings is 2. The number of likely N-dealkylation sites (N-methyl/N-ethyl adjacent to an activating group) is 1. The van der Waals surface area contributed by atoms with Gasteiger partial charge in [-0.25, -0.2) is 0 Å². The lowest BCUT2D eigenvalue weighted by atomic mass is 10.1. The molecule has 0 aliphatic heterocycles. The zero-order chi connectivity index (χ0) is 22.0. The van der Waals surface area contributed by atoms with Gasteiger partial charge in [0.25, 0.3) is 11.8 Å². The number of carbonyl (C=O) groups excluding carboxylic acids is 2. The number of aromatic nitrogens is 1. The minimum absolute atomic E-state index is 0.0521. The van der Waals surface area contributed by atoms with Gasteiger partial charge >= 0.3 is 0 Å². The van der Waals surface area contributed by atoms with Gasteiger partial charge in [0.2, 0.25) is 0 Å². The third-order valence-corrected chi connectivity index (χ3v) is 5.50. The van der Waals surface area contributed by atoms with Gasteiger partial charge in [-0.1, -0.05) is 35.5 Å². The average molecular weight is 420 g/mol. The van der Waals surface area contributed by atoms with E-state index in [1.807, 2.05) is 18.2 Å². The van der Waals surface area contributed by atoms with Crippen LogP contribution < -0.4 is 11.1 Å². The first-order chi connectivity index (χ1) is 15.0. The number of hydrogen-bond donors (Lipinski definition) is 3. The van der Waals surface area contributed by atoms with Gasteiger partial charge in [-0.3, -0.25) is 9.59 Å². The van der Waals surface area contributed by atoms with Crippen LogP contribution in [0.2, 0.25) is 0 Å². The van der Waals surface area contributed by atoms with E-state index in [2.05, 4.69) is 16.5 Å². The number of rotatable bonds is 6. The van der Waals surface area contributed by atoms with Crippen molar-refractivity contribution in [3.8, 4) is 17.1 Å². The number of aryl methyl sites for hydroxylation is 1. The first-order valence-corrected chi connectivity index (χ1v) is 10.1. The minimum atomic E-state index is -0.330. The summed E-state index contributed by atoms with van der Waals surface area (Å²) >= 11 is 0. The van der Waals surface area contributed by atoms with Crippen LogP contribution in [0.1, 0.15) is 44.4 Å².